The highest BCUT2D eigenvalue weighted by Gasteiger charge is 2.31. The smallest absolute Gasteiger partial charge is 0.146 e. The van der Waals surface area contributed by atoms with Gasteiger partial charge in [0.15, 0.2) is 0 Å². The molecule has 2 heterocycles. The first-order valence-corrected chi connectivity index (χ1v) is 6.80. The van der Waals surface area contributed by atoms with Crippen LogP contribution in [0.2, 0.25) is 0 Å². The molecular formula is C14H21N3. The number of hydrogen-bond donors (Lipinski definition) is 1. The molecule has 2 N–H and O–H groups in total. The fourth-order valence-electron chi connectivity index (χ4n) is 3.50. The zero-order valence-electron chi connectivity index (χ0n) is 10.3. The zero-order valence-corrected chi connectivity index (χ0v) is 10.3. The molecule has 3 heteroatoms. The van der Waals surface area contributed by atoms with Gasteiger partial charge < -0.3 is 10.6 Å². The van der Waals surface area contributed by atoms with Crippen LogP contribution in [0.1, 0.15) is 32.1 Å². The van der Waals surface area contributed by atoms with Crippen LogP contribution in [-0.4, -0.2) is 18.1 Å². The number of nitrogens with zero attached hydrogens (tertiary/aromatic N) is 2. The van der Waals surface area contributed by atoms with Crippen molar-refractivity contribution < 1.29 is 0 Å². The Balaban J connectivity index is 1.76. The van der Waals surface area contributed by atoms with Crippen molar-refractivity contribution in [1.82, 2.24) is 4.98 Å². The maximum absolute atomic E-state index is 5.97. The van der Waals surface area contributed by atoms with Gasteiger partial charge in [-0.2, -0.15) is 0 Å². The standard InChI is InChI=1S/C14H21N3/c15-14-13(6-3-8-16-14)17-9-7-11-4-1-2-5-12(11)10-17/h3,6,8,11-12H,1-2,4-5,7,9-10H2,(H2,15,16). The van der Waals surface area contributed by atoms with Gasteiger partial charge in [0, 0.05) is 19.3 Å². The average Bonchev–Trinajstić information content (AvgIpc) is 2.39. The van der Waals surface area contributed by atoms with E-state index in [1.54, 1.807) is 6.20 Å². The van der Waals surface area contributed by atoms with Crippen LogP contribution in [0.4, 0.5) is 11.5 Å². The minimum atomic E-state index is 0.682. The molecular weight excluding hydrogens is 210 g/mol. The largest absolute Gasteiger partial charge is 0.382 e. The van der Waals surface area contributed by atoms with E-state index < -0.39 is 0 Å². The number of nitrogen functional groups attached to an aromatic ring is 1. The van der Waals surface area contributed by atoms with Crippen molar-refractivity contribution in [1.29, 1.82) is 0 Å². The molecule has 1 aliphatic heterocycles. The lowest BCUT2D eigenvalue weighted by Crippen LogP contribution is -2.42. The molecule has 0 bridgehead atoms. The molecule has 2 unspecified atom stereocenters. The lowest BCUT2D eigenvalue weighted by atomic mass is 9.75. The minimum absolute atomic E-state index is 0.682. The predicted octanol–water partition coefficient (Wildman–Crippen LogP) is 2.68. The molecule has 3 rings (SSSR count). The predicted molar refractivity (Wildman–Crippen MR) is 70.9 cm³/mol. The van der Waals surface area contributed by atoms with E-state index in [4.69, 9.17) is 5.73 Å². The van der Waals surface area contributed by atoms with Gasteiger partial charge >= 0.3 is 0 Å². The van der Waals surface area contributed by atoms with Gasteiger partial charge in [-0.25, -0.2) is 4.98 Å². The van der Waals surface area contributed by atoms with E-state index >= 15 is 0 Å². The van der Waals surface area contributed by atoms with E-state index in [1.165, 1.54) is 38.6 Å². The molecule has 0 amide bonds. The second kappa shape index (κ2) is 4.55. The Hall–Kier alpha value is -1.25. The summed E-state index contributed by atoms with van der Waals surface area (Å²) in [5.74, 6) is 2.54. The average molecular weight is 231 g/mol. The number of piperidine rings is 1. The van der Waals surface area contributed by atoms with Crippen molar-refractivity contribution in [2.45, 2.75) is 32.1 Å². The van der Waals surface area contributed by atoms with Crippen molar-refractivity contribution in [3.63, 3.8) is 0 Å². The van der Waals surface area contributed by atoms with Gasteiger partial charge in [0.2, 0.25) is 0 Å². The van der Waals surface area contributed by atoms with E-state index in [0.29, 0.717) is 5.82 Å². The number of aromatic nitrogens is 1. The maximum Gasteiger partial charge on any atom is 0.146 e. The van der Waals surface area contributed by atoms with Crippen LogP contribution in [0.25, 0.3) is 0 Å². The molecule has 3 nitrogen and oxygen atoms in total. The SMILES string of the molecule is Nc1ncccc1N1CCC2CCCCC2C1. The first-order chi connectivity index (χ1) is 8.34. The molecule has 0 spiro atoms. The molecule has 1 aromatic rings. The molecule has 2 atom stereocenters. The van der Waals surface area contributed by atoms with E-state index in [2.05, 4.69) is 16.0 Å². The first-order valence-electron chi connectivity index (χ1n) is 6.80. The third-order valence-electron chi connectivity index (χ3n) is 4.45. The first kappa shape index (κ1) is 10.9. The van der Waals surface area contributed by atoms with Gasteiger partial charge in [-0.05, 0) is 36.8 Å². The summed E-state index contributed by atoms with van der Waals surface area (Å²) in [4.78, 5) is 6.63. The Kier molecular flexibility index (Phi) is 2.91. The van der Waals surface area contributed by atoms with Gasteiger partial charge in [-0.15, -0.1) is 0 Å². The Labute approximate surface area is 103 Å². The highest BCUT2D eigenvalue weighted by molar-refractivity contribution is 5.63. The third kappa shape index (κ3) is 2.11. The van der Waals surface area contributed by atoms with Crippen LogP contribution in [0.5, 0.6) is 0 Å². The van der Waals surface area contributed by atoms with Crippen molar-refractivity contribution in [3.05, 3.63) is 18.3 Å². The minimum Gasteiger partial charge on any atom is -0.382 e. The second-order valence-electron chi connectivity index (χ2n) is 5.45. The van der Waals surface area contributed by atoms with Crippen molar-refractivity contribution in [3.8, 4) is 0 Å². The van der Waals surface area contributed by atoms with Gasteiger partial charge in [0.1, 0.15) is 5.82 Å². The van der Waals surface area contributed by atoms with Crippen LogP contribution in [-0.2, 0) is 0 Å². The Morgan fingerprint density at radius 1 is 1.18 bits per heavy atom. The Morgan fingerprint density at radius 2 is 2.00 bits per heavy atom. The quantitative estimate of drug-likeness (QED) is 0.808. The summed E-state index contributed by atoms with van der Waals surface area (Å²) in [7, 11) is 0. The lowest BCUT2D eigenvalue weighted by molar-refractivity contribution is 0.202. The molecule has 92 valence electrons. The molecule has 1 aromatic heterocycles. The lowest BCUT2D eigenvalue weighted by Gasteiger charge is -2.42. The number of pyridine rings is 1. The van der Waals surface area contributed by atoms with Gasteiger partial charge in [-0.3, -0.25) is 0 Å². The second-order valence-corrected chi connectivity index (χ2v) is 5.45. The van der Waals surface area contributed by atoms with Gasteiger partial charge in [0.25, 0.3) is 0 Å². The molecule has 2 fully saturated rings. The third-order valence-corrected chi connectivity index (χ3v) is 4.45. The van der Waals surface area contributed by atoms with Crippen LogP contribution < -0.4 is 10.6 Å². The normalized spacial score (nSPS) is 28.8. The van der Waals surface area contributed by atoms with Crippen molar-refractivity contribution >= 4 is 11.5 Å². The van der Waals surface area contributed by atoms with E-state index in [9.17, 15) is 0 Å². The fourth-order valence-corrected chi connectivity index (χ4v) is 3.50. The van der Waals surface area contributed by atoms with Gasteiger partial charge in [-0.1, -0.05) is 19.3 Å². The number of anilines is 2. The van der Waals surface area contributed by atoms with Gasteiger partial charge in [0.05, 0.1) is 5.69 Å². The Morgan fingerprint density at radius 3 is 2.82 bits per heavy atom. The van der Waals surface area contributed by atoms with E-state index in [-0.39, 0.29) is 0 Å². The summed E-state index contributed by atoms with van der Waals surface area (Å²) in [5, 5.41) is 0. The highest BCUT2D eigenvalue weighted by Crippen LogP contribution is 2.38. The maximum atomic E-state index is 5.97. The van der Waals surface area contributed by atoms with Crippen LogP contribution >= 0.6 is 0 Å². The summed E-state index contributed by atoms with van der Waals surface area (Å²) in [6.07, 6.45) is 8.81. The van der Waals surface area contributed by atoms with E-state index in [0.717, 1.165) is 24.1 Å². The molecule has 1 saturated carbocycles. The molecule has 0 radical (unpaired) electrons. The van der Waals surface area contributed by atoms with Crippen LogP contribution in [0.3, 0.4) is 0 Å². The highest BCUT2D eigenvalue weighted by atomic mass is 15.2. The molecule has 2 aliphatic rings. The fraction of sp³-hybridized carbons (Fsp3) is 0.643. The Bertz CT molecular complexity index is 391. The molecule has 1 saturated heterocycles. The number of hydrogen-bond acceptors (Lipinski definition) is 3. The van der Waals surface area contributed by atoms with E-state index in [1.807, 2.05) is 6.07 Å². The number of fused-ring (bicyclic) bond motifs is 1. The molecule has 0 aromatic carbocycles. The summed E-state index contributed by atoms with van der Waals surface area (Å²) in [6, 6.07) is 4.09. The number of rotatable bonds is 1. The topological polar surface area (TPSA) is 42.1 Å². The van der Waals surface area contributed by atoms with Crippen LogP contribution in [0.15, 0.2) is 18.3 Å². The summed E-state index contributed by atoms with van der Waals surface area (Å²) in [6.45, 7) is 2.33. The number of nitrogens with two attached hydrogens (primary N) is 1. The molecule has 17 heavy (non-hydrogen) atoms. The summed E-state index contributed by atoms with van der Waals surface area (Å²) < 4.78 is 0. The van der Waals surface area contributed by atoms with Crippen molar-refractivity contribution in [2.24, 2.45) is 11.8 Å². The zero-order chi connectivity index (χ0) is 11.7. The summed E-state index contributed by atoms with van der Waals surface area (Å²) >= 11 is 0. The molecule has 1 aliphatic carbocycles. The summed E-state index contributed by atoms with van der Waals surface area (Å²) in [5.41, 5.74) is 7.10. The van der Waals surface area contributed by atoms with Crippen molar-refractivity contribution in [2.75, 3.05) is 23.7 Å². The van der Waals surface area contributed by atoms with Crippen LogP contribution in [0, 0.1) is 11.8 Å². The monoisotopic (exact) mass is 231 g/mol.